The summed E-state index contributed by atoms with van der Waals surface area (Å²) in [6.07, 6.45) is 0. The molecule has 0 unspecified atom stereocenters. The van der Waals surface area contributed by atoms with E-state index in [4.69, 9.17) is 11.6 Å². The predicted octanol–water partition coefficient (Wildman–Crippen LogP) is 2.42. The maximum Gasteiger partial charge on any atom is 0.231 e. The molecule has 0 aliphatic rings. The topological polar surface area (TPSA) is 42.9 Å². The summed E-state index contributed by atoms with van der Waals surface area (Å²) >= 11 is 6.86. The molecule has 0 fully saturated rings. The van der Waals surface area contributed by atoms with Gasteiger partial charge in [0.05, 0.1) is 0 Å². The Bertz CT molecular complexity index is 438. The van der Waals surface area contributed by atoms with Crippen molar-refractivity contribution < 1.29 is 4.79 Å². The highest BCUT2D eigenvalue weighted by atomic mass is 35.5. The molecular formula is C9H5ClN2OS. The van der Waals surface area contributed by atoms with Crippen molar-refractivity contribution in [2.75, 3.05) is 0 Å². The van der Waals surface area contributed by atoms with Crippen molar-refractivity contribution in [1.82, 2.24) is 9.36 Å². The standard InChI is InChI=1S/C9H5ClN2OS/c10-7-3-1-6(2-4-7)8(13)9-11-5-14-12-9/h1-5H. The molecule has 0 aliphatic heterocycles. The van der Waals surface area contributed by atoms with Gasteiger partial charge in [-0.25, -0.2) is 4.98 Å². The summed E-state index contributed by atoms with van der Waals surface area (Å²) in [4.78, 5) is 15.5. The fourth-order valence-corrected chi connectivity index (χ4v) is 1.55. The molecule has 14 heavy (non-hydrogen) atoms. The van der Waals surface area contributed by atoms with Crippen molar-refractivity contribution in [2.45, 2.75) is 0 Å². The molecule has 2 aromatic rings. The number of benzene rings is 1. The van der Waals surface area contributed by atoms with E-state index in [0.717, 1.165) is 11.5 Å². The van der Waals surface area contributed by atoms with Gasteiger partial charge in [-0.05, 0) is 35.8 Å². The molecule has 0 atom stereocenters. The van der Waals surface area contributed by atoms with E-state index in [1.54, 1.807) is 24.3 Å². The van der Waals surface area contributed by atoms with Crippen LogP contribution in [0.4, 0.5) is 0 Å². The lowest BCUT2D eigenvalue weighted by atomic mass is 10.1. The van der Waals surface area contributed by atoms with E-state index in [1.807, 2.05) is 0 Å². The Hall–Kier alpha value is -1.26. The Morgan fingerprint density at radius 2 is 2.00 bits per heavy atom. The number of carbonyl (C=O) groups is 1. The van der Waals surface area contributed by atoms with Crippen molar-refractivity contribution >= 4 is 28.9 Å². The van der Waals surface area contributed by atoms with Gasteiger partial charge in [-0.3, -0.25) is 4.79 Å². The number of rotatable bonds is 2. The quantitative estimate of drug-likeness (QED) is 0.736. The van der Waals surface area contributed by atoms with Crippen LogP contribution in [0, 0.1) is 0 Å². The SMILES string of the molecule is O=C(c1ccc(Cl)cc1)c1ncsn1. The third-order valence-electron chi connectivity index (χ3n) is 1.67. The van der Waals surface area contributed by atoms with Crippen LogP contribution in [0.1, 0.15) is 16.2 Å². The Labute approximate surface area is 89.5 Å². The Morgan fingerprint density at radius 3 is 2.57 bits per heavy atom. The van der Waals surface area contributed by atoms with Crippen LogP contribution < -0.4 is 0 Å². The Morgan fingerprint density at radius 1 is 1.29 bits per heavy atom. The van der Waals surface area contributed by atoms with Crippen LogP contribution in [0.3, 0.4) is 0 Å². The molecule has 0 spiro atoms. The van der Waals surface area contributed by atoms with Crippen LogP contribution in [0.2, 0.25) is 5.02 Å². The summed E-state index contributed by atoms with van der Waals surface area (Å²) in [5, 5.41) is 0.604. The molecule has 1 aromatic heterocycles. The van der Waals surface area contributed by atoms with Crippen molar-refractivity contribution in [3.05, 3.63) is 46.2 Å². The third-order valence-corrected chi connectivity index (χ3v) is 2.40. The summed E-state index contributed by atoms with van der Waals surface area (Å²) in [6, 6.07) is 6.65. The van der Waals surface area contributed by atoms with E-state index < -0.39 is 0 Å². The average Bonchev–Trinajstić information content (AvgIpc) is 2.71. The third kappa shape index (κ3) is 1.81. The minimum atomic E-state index is -0.178. The van der Waals surface area contributed by atoms with Crippen LogP contribution in [-0.4, -0.2) is 15.1 Å². The number of halogens is 1. The van der Waals surface area contributed by atoms with Crippen molar-refractivity contribution in [3.8, 4) is 0 Å². The molecule has 70 valence electrons. The highest BCUT2D eigenvalue weighted by Crippen LogP contribution is 2.12. The molecule has 1 heterocycles. The number of nitrogens with zero attached hydrogens (tertiary/aromatic N) is 2. The van der Waals surface area contributed by atoms with Gasteiger partial charge in [0.2, 0.25) is 11.6 Å². The maximum atomic E-state index is 11.7. The van der Waals surface area contributed by atoms with E-state index in [1.165, 1.54) is 5.51 Å². The molecule has 0 bridgehead atoms. The second-order valence-electron chi connectivity index (χ2n) is 2.59. The molecule has 0 saturated carbocycles. The van der Waals surface area contributed by atoms with E-state index in [-0.39, 0.29) is 11.6 Å². The molecule has 1 aromatic carbocycles. The molecule has 0 saturated heterocycles. The molecular weight excluding hydrogens is 220 g/mol. The molecule has 3 nitrogen and oxygen atoms in total. The van der Waals surface area contributed by atoms with Crippen LogP contribution >= 0.6 is 23.1 Å². The van der Waals surface area contributed by atoms with Crippen LogP contribution in [-0.2, 0) is 0 Å². The average molecular weight is 225 g/mol. The molecule has 0 aliphatic carbocycles. The first-order chi connectivity index (χ1) is 6.77. The van der Waals surface area contributed by atoms with E-state index in [0.29, 0.717) is 10.6 Å². The maximum absolute atomic E-state index is 11.7. The van der Waals surface area contributed by atoms with Crippen LogP contribution in [0.25, 0.3) is 0 Å². The highest BCUT2D eigenvalue weighted by Gasteiger charge is 2.11. The summed E-state index contributed by atoms with van der Waals surface area (Å²) in [5.41, 5.74) is 2.08. The lowest BCUT2D eigenvalue weighted by molar-refractivity contribution is 0.103. The van der Waals surface area contributed by atoms with Crippen molar-refractivity contribution in [1.29, 1.82) is 0 Å². The van der Waals surface area contributed by atoms with Gasteiger partial charge in [-0.2, -0.15) is 4.37 Å². The minimum Gasteiger partial charge on any atom is -0.285 e. The number of hydrogen-bond donors (Lipinski definition) is 0. The highest BCUT2D eigenvalue weighted by molar-refractivity contribution is 7.03. The number of carbonyl (C=O) groups excluding carboxylic acids is 1. The van der Waals surface area contributed by atoms with Gasteiger partial charge >= 0.3 is 0 Å². The van der Waals surface area contributed by atoms with Crippen LogP contribution in [0.15, 0.2) is 29.8 Å². The zero-order valence-corrected chi connectivity index (χ0v) is 8.55. The summed E-state index contributed by atoms with van der Waals surface area (Å²) < 4.78 is 3.86. The van der Waals surface area contributed by atoms with Gasteiger partial charge in [0.25, 0.3) is 0 Å². The largest absolute Gasteiger partial charge is 0.285 e. The van der Waals surface area contributed by atoms with E-state index in [2.05, 4.69) is 9.36 Å². The molecule has 0 radical (unpaired) electrons. The Kier molecular flexibility index (Phi) is 2.56. The monoisotopic (exact) mass is 224 g/mol. The first kappa shape index (κ1) is 9.30. The smallest absolute Gasteiger partial charge is 0.231 e. The number of aromatic nitrogens is 2. The lowest BCUT2D eigenvalue weighted by Gasteiger charge is -1.95. The summed E-state index contributed by atoms with van der Waals surface area (Å²) in [5.74, 6) is 0.0558. The van der Waals surface area contributed by atoms with Crippen molar-refractivity contribution in [2.24, 2.45) is 0 Å². The molecule has 2 rings (SSSR count). The normalized spacial score (nSPS) is 10.1. The van der Waals surface area contributed by atoms with Gasteiger partial charge < -0.3 is 0 Å². The zero-order valence-electron chi connectivity index (χ0n) is 6.98. The Balaban J connectivity index is 2.33. The van der Waals surface area contributed by atoms with Gasteiger partial charge in [0.15, 0.2) is 0 Å². The van der Waals surface area contributed by atoms with E-state index in [9.17, 15) is 4.79 Å². The zero-order chi connectivity index (χ0) is 9.97. The van der Waals surface area contributed by atoms with E-state index >= 15 is 0 Å². The van der Waals surface area contributed by atoms with Gasteiger partial charge in [0.1, 0.15) is 5.51 Å². The summed E-state index contributed by atoms with van der Waals surface area (Å²) in [6.45, 7) is 0. The van der Waals surface area contributed by atoms with Crippen molar-refractivity contribution in [3.63, 3.8) is 0 Å². The second kappa shape index (κ2) is 3.86. The van der Waals surface area contributed by atoms with Gasteiger partial charge in [-0.15, -0.1) is 0 Å². The lowest BCUT2D eigenvalue weighted by Crippen LogP contribution is -2.02. The fourth-order valence-electron chi connectivity index (χ4n) is 1.00. The first-order valence-electron chi connectivity index (χ1n) is 3.84. The van der Waals surface area contributed by atoms with Gasteiger partial charge in [0, 0.05) is 10.6 Å². The molecule has 5 heteroatoms. The second-order valence-corrected chi connectivity index (χ2v) is 3.63. The molecule has 0 amide bonds. The van der Waals surface area contributed by atoms with Crippen LogP contribution in [0.5, 0.6) is 0 Å². The summed E-state index contributed by atoms with van der Waals surface area (Å²) in [7, 11) is 0. The predicted molar refractivity (Wildman–Crippen MR) is 54.8 cm³/mol. The fraction of sp³-hybridized carbons (Fsp3) is 0. The number of hydrogen-bond acceptors (Lipinski definition) is 4. The van der Waals surface area contributed by atoms with Gasteiger partial charge in [-0.1, -0.05) is 11.6 Å². The number of ketones is 1. The molecule has 0 N–H and O–H groups in total. The minimum absolute atomic E-state index is 0.178. The first-order valence-corrected chi connectivity index (χ1v) is 5.05.